The molecule has 1 saturated heterocycles. The van der Waals surface area contributed by atoms with E-state index in [2.05, 4.69) is 5.32 Å². The molecule has 178 valence electrons. The first kappa shape index (κ1) is 25.4. The standard InChI is InChI=1S/C21H22ClFN2O6S2/c22-18-6-3-16(13-19(18)33(28,29)25-8-10-30-11-9-25)24-20(26)14-31-21(27)7-12-32-17-4-1-15(23)2-5-17/h1-6,13H,7-12,14H2,(H,24,26). The minimum absolute atomic E-state index is 0.0320. The Bertz CT molecular complexity index is 1090. The third kappa shape index (κ3) is 7.41. The Kier molecular flexibility index (Phi) is 9.10. The number of rotatable bonds is 9. The van der Waals surface area contributed by atoms with Gasteiger partial charge in [-0.25, -0.2) is 12.8 Å². The van der Waals surface area contributed by atoms with Crippen LogP contribution in [0.15, 0.2) is 52.3 Å². The van der Waals surface area contributed by atoms with Crippen LogP contribution in [0.25, 0.3) is 0 Å². The smallest absolute Gasteiger partial charge is 0.307 e. The normalized spacial score (nSPS) is 14.6. The van der Waals surface area contributed by atoms with Crippen LogP contribution in [0, 0.1) is 5.82 Å². The van der Waals surface area contributed by atoms with Crippen LogP contribution in [0.1, 0.15) is 6.42 Å². The maximum atomic E-state index is 12.9. The lowest BCUT2D eigenvalue weighted by Crippen LogP contribution is -2.40. The first-order valence-electron chi connectivity index (χ1n) is 9.97. The SMILES string of the molecule is O=C(COC(=O)CCSc1ccc(F)cc1)Nc1ccc(Cl)c(S(=O)(=O)N2CCOCC2)c1. The molecule has 0 saturated carbocycles. The molecule has 2 aromatic carbocycles. The number of amides is 1. The van der Waals surface area contributed by atoms with Crippen LogP contribution in [-0.2, 0) is 29.1 Å². The minimum atomic E-state index is -3.85. The average molecular weight is 517 g/mol. The summed E-state index contributed by atoms with van der Waals surface area (Å²) in [6.45, 7) is 0.492. The Morgan fingerprint density at radius 2 is 1.85 bits per heavy atom. The van der Waals surface area contributed by atoms with Crippen molar-refractivity contribution in [1.82, 2.24) is 4.31 Å². The van der Waals surface area contributed by atoms with Crippen LogP contribution in [0.2, 0.25) is 5.02 Å². The number of halogens is 2. The van der Waals surface area contributed by atoms with E-state index in [-0.39, 0.29) is 40.9 Å². The summed E-state index contributed by atoms with van der Waals surface area (Å²) in [4.78, 5) is 24.7. The molecule has 1 aliphatic heterocycles. The van der Waals surface area contributed by atoms with Gasteiger partial charge in [0.25, 0.3) is 5.91 Å². The molecule has 0 aromatic heterocycles. The quantitative estimate of drug-likeness (QED) is 0.403. The van der Waals surface area contributed by atoms with Crippen LogP contribution < -0.4 is 5.32 Å². The van der Waals surface area contributed by atoms with Crippen molar-refractivity contribution in [1.29, 1.82) is 0 Å². The number of carbonyl (C=O) groups is 2. The van der Waals surface area contributed by atoms with Crippen molar-refractivity contribution in [2.75, 3.05) is 44.0 Å². The molecule has 0 unspecified atom stereocenters. The molecular formula is C21H22ClFN2O6S2. The van der Waals surface area contributed by atoms with Gasteiger partial charge in [-0.05, 0) is 42.5 Å². The van der Waals surface area contributed by atoms with Crippen molar-refractivity contribution in [3.63, 3.8) is 0 Å². The van der Waals surface area contributed by atoms with Gasteiger partial charge in [-0.2, -0.15) is 4.31 Å². The zero-order valence-corrected chi connectivity index (χ0v) is 19.8. The molecule has 8 nitrogen and oxygen atoms in total. The van der Waals surface area contributed by atoms with E-state index in [0.717, 1.165) is 4.90 Å². The number of esters is 1. The first-order chi connectivity index (χ1) is 15.8. The van der Waals surface area contributed by atoms with E-state index in [0.29, 0.717) is 19.0 Å². The van der Waals surface area contributed by atoms with E-state index in [1.54, 1.807) is 12.1 Å². The Morgan fingerprint density at radius 1 is 1.15 bits per heavy atom. The van der Waals surface area contributed by atoms with Gasteiger partial charge >= 0.3 is 5.97 Å². The Balaban J connectivity index is 1.49. The van der Waals surface area contributed by atoms with Gasteiger partial charge in [0.05, 0.1) is 24.7 Å². The Morgan fingerprint density at radius 3 is 2.55 bits per heavy atom. The van der Waals surface area contributed by atoms with E-state index in [4.69, 9.17) is 21.1 Å². The number of hydrogen-bond donors (Lipinski definition) is 1. The number of morpholine rings is 1. The lowest BCUT2D eigenvalue weighted by Gasteiger charge is -2.26. The van der Waals surface area contributed by atoms with Crippen molar-refractivity contribution in [3.8, 4) is 0 Å². The van der Waals surface area contributed by atoms with Crippen LogP contribution in [0.4, 0.5) is 10.1 Å². The van der Waals surface area contributed by atoms with Crippen molar-refractivity contribution < 1.29 is 31.9 Å². The molecule has 1 heterocycles. The molecule has 0 aliphatic carbocycles. The van der Waals surface area contributed by atoms with Gasteiger partial charge in [-0.3, -0.25) is 9.59 Å². The van der Waals surface area contributed by atoms with Gasteiger partial charge in [0, 0.05) is 29.4 Å². The third-order valence-electron chi connectivity index (χ3n) is 4.56. The van der Waals surface area contributed by atoms with E-state index in [9.17, 15) is 22.4 Å². The van der Waals surface area contributed by atoms with Gasteiger partial charge < -0.3 is 14.8 Å². The highest BCUT2D eigenvalue weighted by molar-refractivity contribution is 7.99. The molecular weight excluding hydrogens is 495 g/mol. The number of anilines is 1. The zero-order chi connectivity index (χ0) is 23.8. The second-order valence-electron chi connectivity index (χ2n) is 6.92. The number of ether oxygens (including phenoxy) is 2. The lowest BCUT2D eigenvalue weighted by molar-refractivity contribution is -0.146. The van der Waals surface area contributed by atoms with E-state index < -0.39 is 28.5 Å². The molecule has 1 amide bonds. The first-order valence-corrected chi connectivity index (χ1v) is 12.8. The second-order valence-corrected chi connectivity index (χ2v) is 10.4. The number of thioether (sulfide) groups is 1. The van der Waals surface area contributed by atoms with Gasteiger partial charge in [-0.1, -0.05) is 11.6 Å². The molecule has 2 aromatic rings. The van der Waals surface area contributed by atoms with Gasteiger partial charge in [0.15, 0.2) is 6.61 Å². The minimum Gasteiger partial charge on any atom is -0.456 e. The largest absolute Gasteiger partial charge is 0.456 e. The van der Waals surface area contributed by atoms with Crippen molar-refractivity contribution in [3.05, 3.63) is 53.3 Å². The van der Waals surface area contributed by atoms with Crippen LogP contribution >= 0.6 is 23.4 Å². The monoisotopic (exact) mass is 516 g/mol. The summed E-state index contributed by atoms with van der Waals surface area (Å²) in [6.07, 6.45) is 0.0677. The van der Waals surface area contributed by atoms with E-state index >= 15 is 0 Å². The van der Waals surface area contributed by atoms with Gasteiger partial charge in [-0.15, -0.1) is 11.8 Å². The topological polar surface area (TPSA) is 102 Å². The van der Waals surface area contributed by atoms with Crippen LogP contribution in [0.5, 0.6) is 0 Å². The van der Waals surface area contributed by atoms with E-state index in [1.165, 1.54) is 46.4 Å². The molecule has 1 fully saturated rings. The predicted molar refractivity (Wildman–Crippen MR) is 122 cm³/mol. The lowest BCUT2D eigenvalue weighted by atomic mass is 10.3. The number of benzene rings is 2. The fourth-order valence-corrected chi connectivity index (χ4v) is 5.64. The van der Waals surface area contributed by atoms with Crippen molar-refractivity contribution in [2.45, 2.75) is 16.2 Å². The highest BCUT2D eigenvalue weighted by atomic mass is 35.5. The number of carbonyl (C=O) groups excluding carboxylic acids is 2. The van der Waals surface area contributed by atoms with Crippen LogP contribution in [0.3, 0.4) is 0 Å². The van der Waals surface area contributed by atoms with Crippen molar-refractivity contribution >= 4 is 50.9 Å². The fourth-order valence-electron chi connectivity index (χ4n) is 2.90. The van der Waals surface area contributed by atoms with Gasteiger partial charge in [0.2, 0.25) is 10.0 Å². The average Bonchev–Trinajstić information content (AvgIpc) is 2.81. The maximum absolute atomic E-state index is 12.9. The molecule has 0 radical (unpaired) electrons. The fraction of sp³-hybridized carbons (Fsp3) is 0.333. The molecule has 1 aliphatic rings. The maximum Gasteiger partial charge on any atom is 0.307 e. The molecule has 1 N–H and O–H groups in total. The van der Waals surface area contributed by atoms with Crippen molar-refractivity contribution in [2.24, 2.45) is 0 Å². The molecule has 3 rings (SSSR count). The highest BCUT2D eigenvalue weighted by Gasteiger charge is 2.28. The van der Waals surface area contributed by atoms with Crippen LogP contribution in [-0.4, -0.2) is 63.3 Å². The summed E-state index contributed by atoms with van der Waals surface area (Å²) >= 11 is 7.46. The number of nitrogens with zero attached hydrogens (tertiary/aromatic N) is 1. The molecule has 33 heavy (non-hydrogen) atoms. The number of sulfonamides is 1. The summed E-state index contributed by atoms with van der Waals surface area (Å²) in [5, 5.41) is 2.54. The summed E-state index contributed by atoms with van der Waals surface area (Å²) in [5.74, 6) is -1.11. The third-order valence-corrected chi connectivity index (χ3v) is 7.95. The predicted octanol–water partition coefficient (Wildman–Crippen LogP) is 3.16. The number of nitrogens with one attached hydrogen (secondary N) is 1. The second kappa shape index (κ2) is 11.8. The zero-order valence-electron chi connectivity index (χ0n) is 17.5. The molecule has 0 atom stereocenters. The highest BCUT2D eigenvalue weighted by Crippen LogP contribution is 2.28. The van der Waals surface area contributed by atoms with Gasteiger partial charge in [0.1, 0.15) is 10.7 Å². The summed E-state index contributed by atoms with van der Waals surface area (Å²) in [5.41, 5.74) is 0.208. The molecule has 0 spiro atoms. The van der Waals surface area contributed by atoms with E-state index in [1.807, 2.05) is 0 Å². The molecule has 12 heteroatoms. The molecule has 0 bridgehead atoms. The summed E-state index contributed by atoms with van der Waals surface area (Å²) in [7, 11) is -3.85. The Hall–Kier alpha value is -2.18. The Labute approximate surface area is 200 Å². The summed E-state index contributed by atoms with van der Waals surface area (Å²) in [6, 6.07) is 9.99. The number of hydrogen-bond acceptors (Lipinski definition) is 7. The summed E-state index contributed by atoms with van der Waals surface area (Å²) < 4.78 is 50.0.